The van der Waals surface area contributed by atoms with Crippen LogP contribution in [0.15, 0.2) is 14.3 Å². The van der Waals surface area contributed by atoms with E-state index in [9.17, 15) is 4.79 Å². The maximum atomic E-state index is 11.3. The molecule has 1 atom stereocenters. The SMILES string of the molecule is CC(C)NC(C(N)=O)c1cc(Br)c(Br)s1. The molecule has 1 heterocycles. The molecule has 1 rings (SSSR count). The summed E-state index contributed by atoms with van der Waals surface area (Å²) in [5, 5.41) is 3.13. The first-order chi connectivity index (χ1) is 6.91. The Hall–Kier alpha value is 0.0900. The van der Waals surface area contributed by atoms with Crippen molar-refractivity contribution in [3.05, 3.63) is 19.2 Å². The van der Waals surface area contributed by atoms with Crippen molar-refractivity contribution in [3.8, 4) is 0 Å². The van der Waals surface area contributed by atoms with E-state index < -0.39 is 6.04 Å². The molecule has 0 aliphatic heterocycles. The Labute approximate surface area is 110 Å². The first-order valence-electron chi connectivity index (χ1n) is 4.42. The normalized spacial score (nSPS) is 13.1. The Bertz CT molecular complexity index is 345. The number of carbonyl (C=O) groups is 1. The van der Waals surface area contributed by atoms with Crippen molar-refractivity contribution in [1.29, 1.82) is 0 Å². The number of primary amides is 1. The number of carbonyl (C=O) groups excluding carboxylic acids is 1. The van der Waals surface area contributed by atoms with E-state index in [0.29, 0.717) is 0 Å². The Morgan fingerprint density at radius 1 is 1.53 bits per heavy atom. The second kappa shape index (κ2) is 5.43. The van der Waals surface area contributed by atoms with Crippen molar-refractivity contribution < 1.29 is 4.79 Å². The summed E-state index contributed by atoms with van der Waals surface area (Å²) < 4.78 is 1.91. The molecule has 0 spiro atoms. The minimum Gasteiger partial charge on any atom is -0.368 e. The fraction of sp³-hybridized carbons (Fsp3) is 0.444. The van der Waals surface area contributed by atoms with Crippen LogP contribution in [0.2, 0.25) is 0 Å². The van der Waals surface area contributed by atoms with Crippen LogP contribution < -0.4 is 11.1 Å². The van der Waals surface area contributed by atoms with Gasteiger partial charge in [-0.2, -0.15) is 0 Å². The van der Waals surface area contributed by atoms with Gasteiger partial charge in [0.05, 0.1) is 3.79 Å². The van der Waals surface area contributed by atoms with Crippen molar-refractivity contribution in [3.63, 3.8) is 0 Å². The highest BCUT2D eigenvalue weighted by Crippen LogP contribution is 2.35. The molecule has 0 bridgehead atoms. The van der Waals surface area contributed by atoms with E-state index in [4.69, 9.17) is 5.73 Å². The summed E-state index contributed by atoms with van der Waals surface area (Å²) in [7, 11) is 0. The quantitative estimate of drug-likeness (QED) is 0.872. The van der Waals surface area contributed by atoms with Gasteiger partial charge in [0.2, 0.25) is 5.91 Å². The first-order valence-corrected chi connectivity index (χ1v) is 6.82. The lowest BCUT2D eigenvalue weighted by Gasteiger charge is -2.16. The standard InChI is InChI=1S/C9H12Br2N2OS/c1-4(2)13-7(9(12)14)6-3-5(10)8(11)15-6/h3-4,7,13H,1-2H3,(H2,12,14). The molecular weight excluding hydrogens is 344 g/mol. The molecule has 1 amide bonds. The third-order valence-corrected chi connectivity index (χ3v) is 5.05. The minimum absolute atomic E-state index is 0.210. The van der Waals surface area contributed by atoms with E-state index in [1.807, 2.05) is 19.9 Å². The second-order valence-corrected chi connectivity index (χ2v) is 6.68. The average Bonchev–Trinajstić information content (AvgIpc) is 2.42. The molecule has 0 radical (unpaired) electrons. The average molecular weight is 356 g/mol. The number of hydrogen-bond donors (Lipinski definition) is 2. The summed E-state index contributed by atoms with van der Waals surface area (Å²) in [6.07, 6.45) is 0. The molecule has 15 heavy (non-hydrogen) atoms. The van der Waals surface area contributed by atoms with Gasteiger partial charge in [-0.1, -0.05) is 0 Å². The Morgan fingerprint density at radius 3 is 2.47 bits per heavy atom. The number of rotatable bonds is 4. The van der Waals surface area contributed by atoms with Crippen LogP contribution in [0, 0.1) is 0 Å². The van der Waals surface area contributed by atoms with Crippen LogP contribution >= 0.6 is 43.2 Å². The third kappa shape index (κ3) is 3.55. The molecule has 0 aliphatic carbocycles. The maximum absolute atomic E-state index is 11.3. The van der Waals surface area contributed by atoms with E-state index in [1.54, 1.807) is 0 Å². The van der Waals surface area contributed by atoms with E-state index in [0.717, 1.165) is 13.1 Å². The second-order valence-electron chi connectivity index (χ2n) is 3.43. The number of nitrogens with two attached hydrogens (primary N) is 1. The van der Waals surface area contributed by atoms with E-state index >= 15 is 0 Å². The first kappa shape index (κ1) is 13.2. The number of halogens is 2. The van der Waals surface area contributed by atoms with E-state index in [-0.39, 0.29) is 11.9 Å². The summed E-state index contributed by atoms with van der Waals surface area (Å²) in [6, 6.07) is 1.69. The van der Waals surface area contributed by atoms with Crippen molar-refractivity contribution >= 4 is 49.1 Å². The molecule has 3 nitrogen and oxygen atoms in total. The molecule has 3 N–H and O–H groups in total. The molecule has 6 heteroatoms. The fourth-order valence-corrected chi connectivity index (χ4v) is 3.30. The lowest BCUT2D eigenvalue weighted by Crippen LogP contribution is -2.36. The Balaban J connectivity index is 2.94. The van der Waals surface area contributed by atoms with Crippen molar-refractivity contribution in [1.82, 2.24) is 5.32 Å². The third-order valence-electron chi connectivity index (χ3n) is 1.73. The molecule has 0 saturated heterocycles. The van der Waals surface area contributed by atoms with Gasteiger partial charge >= 0.3 is 0 Å². The monoisotopic (exact) mass is 354 g/mol. The highest BCUT2D eigenvalue weighted by Gasteiger charge is 2.21. The molecule has 0 saturated carbocycles. The van der Waals surface area contributed by atoms with Gasteiger partial charge in [0.25, 0.3) is 0 Å². The summed E-state index contributed by atoms with van der Waals surface area (Å²) in [4.78, 5) is 12.2. The topological polar surface area (TPSA) is 55.1 Å². The van der Waals surface area contributed by atoms with Crippen molar-refractivity contribution in [2.75, 3.05) is 0 Å². The molecule has 0 aromatic carbocycles. The van der Waals surface area contributed by atoms with Crippen LogP contribution in [0.1, 0.15) is 24.8 Å². The molecule has 84 valence electrons. The van der Waals surface area contributed by atoms with Gasteiger partial charge in [-0.15, -0.1) is 11.3 Å². The van der Waals surface area contributed by atoms with E-state index in [2.05, 4.69) is 37.2 Å². The van der Waals surface area contributed by atoms with Gasteiger partial charge in [-0.05, 0) is 51.8 Å². The van der Waals surface area contributed by atoms with Gasteiger partial charge in [-0.25, -0.2) is 0 Å². The smallest absolute Gasteiger partial charge is 0.240 e. The zero-order chi connectivity index (χ0) is 11.6. The van der Waals surface area contributed by atoms with Gasteiger partial charge in [0, 0.05) is 15.4 Å². The van der Waals surface area contributed by atoms with Crippen LogP contribution in [0.4, 0.5) is 0 Å². The Morgan fingerprint density at radius 2 is 2.13 bits per heavy atom. The maximum Gasteiger partial charge on any atom is 0.240 e. The number of amides is 1. The molecular formula is C9H12Br2N2OS. The summed E-state index contributed by atoms with van der Waals surface area (Å²) >= 11 is 8.27. The zero-order valence-electron chi connectivity index (χ0n) is 8.38. The summed E-state index contributed by atoms with van der Waals surface area (Å²) in [5.41, 5.74) is 5.35. The lowest BCUT2D eigenvalue weighted by molar-refractivity contribution is -0.120. The zero-order valence-corrected chi connectivity index (χ0v) is 12.4. The molecule has 1 aromatic heterocycles. The summed E-state index contributed by atoms with van der Waals surface area (Å²) in [5.74, 6) is -0.357. The fourth-order valence-electron chi connectivity index (χ4n) is 1.14. The predicted molar refractivity (Wildman–Crippen MR) is 69.9 cm³/mol. The summed E-state index contributed by atoms with van der Waals surface area (Å²) in [6.45, 7) is 3.96. The predicted octanol–water partition coefficient (Wildman–Crippen LogP) is 2.80. The number of nitrogens with one attached hydrogen (secondary N) is 1. The number of hydrogen-bond acceptors (Lipinski definition) is 3. The Kier molecular flexibility index (Phi) is 4.76. The molecule has 1 unspecified atom stereocenters. The van der Waals surface area contributed by atoms with Crippen LogP contribution in [0.3, 0.4) is 0 Å². The molecule has 1 aromatic rings. The number of thiophene rings is 1. The van der Waals surface area contributed by atoms with E-state index in [1.165, 1.54) is 11.3 Å². The minimum atomic E-state index is -0.419. The van der Waals surface area contributed by atoms with Crippen molar-refractivity contribution in [2.45, 2.75) is 25.9 Å². The lowest BCUT2D eigenvalue weighted by atomic mass is 10.2. The van der Waals surface area contributed by atoms with Gasteiger partial charge in [0.1, 0.15) is 6.04 Å². The molecule has 0 aliphatic rings. The largest absolute Gasteiger partial charge is 0.368 e. The van der Waals surface area contributed by atoms with Crippen LogP contribution in [0.5, 0.6) is 0 Å². The van der Waals surface area contributed by atoms with Gasteiger partial charge < -0.3 is 5.73 Å². The van der Waals surface area contributed by atoms with Gasteiger partial charge in [-0.3, -0.25) is 10.1 Å². The van der Waals surface area contributed by atoms with Crippen LogP contribution in [-0.4, -0.2) is 11.9 Å². The molecule has 0 fully saturated rings. The van der Waals surface area contributed by atoms with Crippen molar-refractivity contribution in [2.24, 2.45) is 5.73 Å². The highest BCUT2D eigenvalue weighted by atomic mass is 79.9. The van der Waals surface area contributed by atoms with Crippen LogP contribution in [0.25, 0.3) is 0 Å². The van der Waals surface area contributed by atoms with Gasteiger partial charge in [0.15, 0.2) is 0 Å². The highest BCUT2D eigenvalue weighted by molar-refractivity contribution is 9.13. The van der Waals surface area contributed by atoms with Crippen LogP contribution in [-0.2, 0) is 4.79 Å².